The second kappa shape index (κ2) is 5.67. The molecular weight excluding hydrogens is 285 g/mol. The van der Waals surface area contributed by atoms with Gasteiger partial charge in [0.05, 0.1) is 6.20 Å². The van der Waals surface area contributed by atoms with Crippen molar-refractivity contribution < 1.29 is 23.0 Å². The maximum atomic E-state index is 12.1. The molecule has 4 nitrogen and oxygen atoms in total. The number of alkyl halides is 3. The number of phenolic OH excluding ortho intramolecular Hbond substituents is 1. The molecule has 0 saturated carbocycles. The predicted octanol–water partition coefficient (Wildman–Crippen LogP) is 3.81. The molecule has 0 amide bonds. The minimum Gasteiger partial charge on any atom is -0.507 e. The molecule has 0 fully saturated rings. The van der Waals surface area contributed by atoms with Crippen LogP contribution >= 0.6 is 0 Å². The number of hydrogen-bond donors (Lipinski definition) is 1. The van der Waals surface area contributed by atoms with Gasteiger partial charge in [-0.05, 0) is 18.1 Å². The van der Waals surface area contributed by atoms with Crippen molar-refractivity contribution in [1.29, 1.82) is 0 Å². The zero-order valence-electron chi connectivity index (χ0n) is 11.6. The summed E-state index contributed by atoms with van der Waals surface area (Å²) < 4.78 is 41.8. The van der Waals surface area contributed by atoms with Crippen molar-refractivity contribution in [3.8, 4) is 22.6 Å². The Morgan fingerprint density at radius 1 is 1.33 bits per heavy atom. The largest absolute Gasteiger partial charge is 0.573 e. The summed E-state index contributed by atoms with van der Waals surface area (Å²) in [5, 5.41) is 14.0. The quantitative estimate of drug-likeness (QED) is 0.934. The van der Waals surface area contributed by atoms with Crippen LogP contribution in [0.1, 0.15) is 13.8 Å². The number of aromatic nitrogens is 2. The molecule has 0 radical (unpaired) electrons. The Bertz CT molecular complexity index is 621. The molecule has 0 aliphatic carbocycles. The topological polar surface area (TPSA) is 47.3 Å². The lowest BCUT2D eigenvalue weighted by molar-refractivity contribution is -0.274. The molecule has 2 rings (SSSR count). The maximum absolute atomic E-state index is 12.1. The Morgan fingerprint density at radius 3 is 2.62 bits per heavy atom. The van der Waals surface area contributed by atoms with Crippen molar-refractivity contribution in [2.75, 3.05) is 0 Å². The van der Waals surface area contributed by atoms with Gasteiger partial charge in [-0.1, -0.05) is 13.8 Å². The average Bonchev–Trinajstić information content (AvgIpc) is 2.74. The molecular formula is C14H15F3N2O2. The van der Waals surface area contributed by atoms with Gasteiger partial charge in [0.15, 0.2) is 0 Å². The first kappa shape index (κ1) is 15.2. The first-order valence-corrected chi connectivity index (χ1v) is 6.36. The lowest BCUT2D eigenvalue weighted by atomic mass is 10.1. The van der Waals surface area contributed by atoms with E-state index in [2.05, 4.69) is 9.84 Å². The molecule has 1 heterocycles. The van der Waals surface area contributed by atoms with Crippen LogP contribution in [0.5, 0.6) is 11.5 Å². The van der Waals surface area contributed by atoms with Gasteiger partial charge in [-0.25, -0.2) is 0 Å². The standard InChI is InChI=1S/C14H15F3N2O2/c1-9(2)7-19-8-10(6-18-19)12-4-3-11(5-13(12)20)21-14(15,16)17/h3-6,8-9,20H,7H2,1-2H3. The fraction of sp³-hybridized carbons (Fsp3) is 0.357. The molecule has 0 unspecified atom stereocenters. The van der Waals surface area contributed by atoms with E-state index in [1.807, 2.05) is 13.8 Å². The van der Waals surface area contributed by atoms with Crippen LogP contribution in [0.3, 0.4) is 0 Å². The zero-order chi connectivity index (χ0) is 15.6. The van der Waals surface area contributed by atoms with E-state index in [1.54, 1.807) is 17.1 Å². The molecule has 0 saturated heterocycles. The third kappa shape index (κ3) is 4.14. The first-order valence-electron chi connectivity index (χ1n) is 6.36. The average molecular weight is 300 g/mol. The van der Waals surface area contributed by atoms with E-state index in [0.717, 1.165) is 18.7 Å². The van der Waals surface area contributed by atoms with Gasteiger partial charge in [0.2, 0.25) is 0 Å². The summed E-state index contributed by atoms with van der Waals surface area (Å²) in [5.74, 6) is -0.340. The van der Waals surface area contributed by atoms with Gasteiger partial charge in [-0.3, -0.25) is 4.68 Å². The van der Waals surface area contributed by atoms with Crippen LogP contribution in [0.2, 0.25) is 0 Å². The smallest absolute Gasteiger partial charge is 0.507 e. The van der Waals surface area contributed by atoms with Crippen molar-refractivity contribution in [2.45, 2.75) is 26.8 Å². The number of ether oxygens (including phenoxy) is 1. The highest BCUT2D eigenvalue weighted by atomic mass is 19.4. The molecule has 1 aromatic heterocycles. The van der Waals surface area contributed by atoms with E-state index >= 15 is 0 Å². The zero-order valence-corrected chi connectivity index (χ0v) is 11.6. The molecule has 0 atom stereocenters. The van der Waals surface area contributed by atoms with Crippen LogP contribution in [-0.4, -0.2) is 21.2 Å². The van der Waals surface area contributed by atoms with Crippen molar-refractivity contribution in [3.05, 3.63) is 30.6 Å². The molecule has 0 aliphatic rings. The third-order valence-corrected chi connectivity index (χ3v) is 2.70. The molecule has 7 heteroatoms. The first-order chi connectivity index (χ1) is 9.74. The molecule has 1 aromatic carbocycles. The fourth-order valence-electron chi connectivity index (χ4n) is 1.93. The predicted molar refractivity (Wildman–Crippen MR) is 70.8 cm³/mol. The highest BCUT2D eigenvalue weighted by molar-refractivity contribution is 5.69. The van der Waals surface area contributed by atoms with Crippen LogP contribution in [0.4, 0.5) is 13.2 Å². The van der Waals surface area contributed by atoms with Crippen molar-refractivity contribution in [3.63, 3.8) is 0 Å². The molecule has 0 spiro atoms. The number of phenols is 1. The van der Waals surface area contributed by atoms with Crippen molar-refractivity contribution in [2.24, 2.45) is 5.92 Å². The lowest BCUT2D eigenvalue weighted by Crippen LogP contribution is -2.16. The summed E-state index contributed by atoms with van der Waals surface area (Å²) in [6.07, 6.45) is -1.49. The van der Waals surface area contributed by atoms with Gasteiger partial charge in [0.25, 0.3) is 0 Å². The molecule has 114 valence electrons. The Kier molecular flexibility index (Phi) is 4.11. The van der Waals surface area contributed by atoms with Crippen molar-refractivity contribution >= 4 is 0 Å². The Labute approximate surface area is 119 Å². The van der Waals surface area contributed by atoms with Gasteiger partial charge in [0, 0.05) is 29.9 Å². The van der Waals surface area contributed by atoms with Crippen molar-refractivity contribution in [1.82, 2.24) is 9.78 Å². The number of benzene rings is 1. The van der Waals surface area contributed by atoms with Gasteiger partial charge in [-0.15, -0.1) is 13.2 Å². The Morgan fingerprint density at radius 2 is 2.05 bits per heavy atom. The highest BCUT2D eigenvalue weighted by Gasteiger charge is 2.31. The minimum absolute atomic E-state index is 0.291. The Balaban J connectivity index is 2.22. The van der Waals surface area contributed by atoms with Crippen LogP contribution in [0.25, 0.3) is 11.1 Å². The van der Waals surface area contributed by atoms with E-state index in [0.29, 0.717) is 17.0 Å². The monoisotopic (exact) mass is 300 g/mol. The summed E-state index contributed by atoms with van der Waals surface area (Å²) in [6.45, 7) is 4.81. The summed E-state index contributed by atoms with van der Waals surface area (Å²) in [6, 6.07) is 3.46. The number of nitrogens with zero attached hydrogens (tertiary/aromatic N) is 2. The van der Waals surface area contributed by atoms with Gasteiger partial charge < -0.3 is 9.84 Å². The minimum atomic E-state index is -4.78. The number of rotatable bonds is 4. The van der Waals surface area contributed by atoms with Crippen LogP contribution in [0.15, 0.2) is 30.6 Å². The van der Waals surface area contributed by atoms with Crippen LogP contribution in [-0.2, 0) is 6.54 Å². The fourth-order valence-corrected chi connectivity index (χ4v) is 1.93. The highest BCUT2D eigenvalue weighted by Crippen LogP contribution is 2.34. The Hall–Kier alpha value is -2.18. The van der Waals surface area contributed by atoms with E-state index in [-0.39, 0.29) is 5.75 Å². The maximum Gasteiger partial charge on any atom is 0.573 e. The second-order valence-electron chi connectivity index (χ2n) is 5.07. The van der Waals surface area contributed by atoms with Crippen LogP contribution < -0.4 is 4.74 Å². The van der Waals surface area contributed by atoms with Gasteiger partial charge >= 0.3 is 6.36 Å². The molecule has 0 aliphatic heterocycles. The van der Waals surface area contributed by atoms with Gasteiger partial charge in [-0.2, -0.15) is 5.10 Å². The summed E-state index contributed by atoms with van der Waals surface area (Å²) >= 11 is 0. The third-order valence-electron chi connectivity index (χ3n) is 2.70. The molecule has 21 heavy (non-hydrogen) atoms. The summed E-state index contributed by atoms with van der Waals surface area (Å²) in [5.41, 5.74) is 1.03. The number of halogens is 3. The number of hydrogen-bond acceptors (Lipinski definition) is 3. The second-order valence-corrected chi connectivity index (χ2v) is 5.07. The summed E-state index contributed by atoms with van der Waals surface area (Å²) in [7, 11) is 0. The van der Waals surface area contributed by atoms with Gasteiger partial charge in [0.1, 0.15) is 11.5 Å². The summed E-state index contributed by atoms with van der Waals surface area (Å²) in [4.78, 5) is 0. The van der Waals surface area contributed by atoms with Crippen LogP contribution in [0, 0.1) is 5.92 Å². The lowest BCUT2D eigenvalue weighted by Gasteiger charge is -2.10. The van der Waals surface area contributed by atoms with E-state index in [1.165, 1.54) is 6.07 Å². The number of aromatic hydroxyl groups is 1. The van der Waals surface area contributed by atoms with E-state index in [9.17, 15) is 18.3 Å². The van der Waals surface area contributed by atoms with E-state index in [4.69, 9.17) is 0 Å². The normalized spacial score (nSPS) is 11.9. The molecule has 2 aromatic rings. The molecule has 1 N–H and O–H groups in total. The molecule has 0 bridgehead atoms. The van der Waals surface area contributed by atoms with E-state index < -0.39 is 12.1 Å². The SMILES string of the molecule is CC(C)Cn1cc(-c2ccc(OC(F)(F)F)cc2O)cn1.